The topological polar surface area (TPSA) is 59.1 Å². The van der Waals surface area contributed by atoms with Crippen LogP contribution in [0, 0.1) is 5.41 Å². The Morgan fingerprint density at radius 3 is 2.75 bits per heavy atom. The highest BCUT2D eigenvalue weighted by Gasteiger charge is 2.05. The van der Waals surface area contributed by atoms with Crippen molar-refractivity contribution in [2.24, 2.45) is 5.73 Å². The van der Waals surface area contributed by atoms with E-state index in [9.17, 15) is 0 Å². The zero-order chi connectivity index (χ0) is 9.14. The van der Waals surface area contributed by atoms with E-state index in [1.165, 1.54) is 7.11 Å². The van der Waals surface area contributed by atoms with Gasteiger partial charge in [0.15, 0.2) is 0 Å². The van der Waals surface area contributed by atoms with Gasteiger partial charge in [0.2, 0.25) is 0 Å². The summed E-state index contributed by atoms with van der Waals surface area (Å²) in [5.41, 5.74) is 5.82. The third-order valence-electron chi connectivity index (χ3n) is 1.45. The summed E-state index contributed by atoms with van der Waals surface area (Å²) in [6.07, 6.45) is 0. The van der Waals surface area contributed by atoms with Crippen molar-refractivity contribution in [3.05, 3.63) is 28.8 Å². The number of hydrogen-bond acceptors (Lipinski definition) is 2. The molecule has 3 N–H and O–H groups in total. The molecule has 0 aliphatic carbocycles. The minimum Gasteiger partial charge on any atom is -0.496 e. The van der Waals surface area contributed by atoms with Gasteiger partial charge in [0.05, 0.1) is 12.7 Å². The predicted octanol–water partition coefficient (Wildman–Crippen LogP) is 1.63. The molecule has 1 rings (SSSR count). The largest absolute Gasteiger partial charge is 0.496 e. The van der Waals surface area contributed by atoms with Crippen LogP contribution in [-0.4, -0.2) is 12.9 Å². The SMILES string of the molecule is COc1ccc(Cl)cc1C(=N)N. The zero-order valence-electron chi connectivity index (χ0n) is 6.60. The lowest BCUT2D eigenvalue weighted by molar-refractivity contribution is 0.414. The Balaban J connectivity index is 3.21. The summed E-state index contributed by atoms with van der Waals surface area (Å²) in [4.78, 5) is 0. The van der Waals surface area contributed by atoms with Crippen LogP contribution in [0.2, 0.25) is 5.02 Å². The molecule has 0 fully saturated rings. The van der Waals surface area contributed by atoms with Gasteiger partial charge in [0.25, 0.3) is 0 Å². The highest BCUT2D eigenvalue weighted by Crippen LogP contribution is 2.21. The molecule has 0 saturated heterocycles. The summed E-state index contributed by atoms with van der Waals surface area (Å²) in [7, 11) is 1.52. The molecule has 0 aliphatic rings. The van der Waals surface area contributed by atoms with Gasteiger partial charge in [0.1, 0.15) is 11.6 Å². The van der Waals surface area contributed by atoms with Crippen molar-refractivity contribution >= 4 is 17.4 Å². The number of benzene rings is 1. The molecule has 0 atom stereocenters. The fraction of sp³-hybridized carbons (Fsp3) is 0.125. The van der Waals surface area contributed by atoms with Crippen LogP contribution in [0.4, 0.5) is 0 Å². The van der Waals surface area contributed by atoms with Gasteiger partial charge in [-0.25, -0.2) is 0 Å². The average molecular weight is 185 g/mol. The van der Waals surface area contributed by atoms with Crippen LogP contribution < -0.4 is 10.5 Å². The molecule has 0 radical (unpaired) electrons. The fourth-order valence-electron chi connectivity index (χ4n) is 0.891. The van der Waals surface area contributed by atoms with E-state index >= 15 is 0 Å². The minimum absolute atomic E-state index is 0.0469. The van der Waals surface area contributed by atoms with E-state index < -0.39 is 0 Å². The Kier molecular flexibility index (Phi) is 2.55. The molecule has 3 nitrogen and oxygen atoms in total. The monoisotopic (exact) mass is 184 g/mol. The van der Waals surface area contributed by atoms with E-state index in [-0.39, 0.29) is 5.84 Å². The number of halogens is 1. The number of nitrogens with one attached hydrogen (secondary N) is 1. The number of nitrogen functional groups attached to an aromatic ring is 1. The van der Waals surface area contributed by atoms with E-state index in [0.717, 1.165) is 0 Å². The standard InChI is InChI=1S/C8H9ClN2O/c1-12-7-3-2-5(9)4-6(7)8(10)11/h2-4H,1H3,(H3,10,11). The quantitative estimate of drug-likeness (QED) is 0.542. The first kappa shape index (κ1) is 8.87. The highest BCUT2D eigenvalue weighted by molar-refractivity contribution is 6.31. The van der Waals surface area contributed by atoms with Gasteiger partial charge in [-0.2, -0.15) is 0 Å². The Labute approximate surface area is 75.6 Å². The van der Waals surface area contributed by atoms with Crippen LogP contribution in [0.5, 0.6) is 5.75 Å². The molecule has 4 heteroatoms. The number of amidine groups is 1. The van der Waals surface area contributed by atoms with E-state index in [2.05, 4.69) is 0 Å². The van der Waals surface area contributed by atoms with E-state index in [0.29, 0.717) is 16.3 Å². The lowest BCUT2D eigenvalue weighted by Gasteiger charge is -2.06. The van der Waals surface area contributed by atoms with Crippen molar-refractivity contribution in [3.8, 4) is 5.75 Å². The second kappa shape index (κ2) is 3.45. The predicted molar refractivity (Wildman–Crippen MR) is 49.0 cm³/mol. The van der Waals surface area contributed by atoms with Gasteiger partial charge >= 0.3 is 0 Å². The summed E-state index contributed by atoms with van der Waals surface area (Å²) in [6, 6.07) is 4.97. The third kappa shape index (κ3) is 1.68. The van der Waals surface area contributed by atoms with Crippen LogP contribution in [0.3, 0.4) is 0 Å². The molecule has 0 amide bonds. The number of nitrogens with two attached hydrogens (primary N) is 1. The normalized spacial score (nSPS) is 9.50. The van der Waals surface area contributed by atoms with Crippen molar-refractivity contribution in [1.29, 1.82) is 5.41 Å². The maximum Gasteiger partial charge on any atom is 0.129 e. The summed E-state index contributed by atoms with van der Waals surface area (Å²) in [5.74, 6) is 0.515. The fourth-order valence-corrected chi connectivity index (χ4v) is 1.06. The Hall–Kier alpha value is -1.22. The van der Waals surface area contributed by atoms with Gasteiger partial charge < -0.3 is 10.5 Å². The van der Waals surface area contributed by atoms with Crippen molar-refractivity contribution < 1.29 is 4.74 Å². The smallest absolute Gasteiger partial charge is 0.129 e. The van der Waals surface area contributed by atoms with Crippen molar-refractivity contribution in [2.75, 3.05) is 7.11 Å². The number of rotatable bonds is 2. The highest BCUT2D eigenvalue weighted by atomic mass is 35.5. The van der Waals surface area contributed by atoms with Gasteiger partial charge in [-0.1, -0.05) is 11.6 Å². The molecule has 64 valence electrons. The van der Waals surface area contributed by atoms with Gasteiger partial charge in [0, 0.05) is 5.02 Å². The molecular weight excluding hydrogens is 176 g/mol. The molecule has 1 aromatic rings. The number of methoxy groups -OCH3 is 1. The van der Waals surface area contributed by atoms with Gasteiger partial charge in [-0.15, -0.1) is 0 Å². The van der Waals surface area contributed by atoms with E-state index in [1.54, 1.807) is 18.2 Å². The molecule has 0 saturated carbocycles. The molecular formula is C8H9ClN2O. The van der Waals surface area contributed by atoms with E-state index in [1.807, 2.05) is 0 Å². The maximum atomic E-state index is 7.22. The first-order chi connectivity index (χ1) is 5.65. The zero-order valence-corrected chi connectivity index (χ0v) is 7.35. The van der Waals surface area contributed by atoms with Crippen LogP contribution in [0.15, 0.2) is 18.2 Å². The first-order valence-electron chi connectivity index (χ1n) is 3.33. The molecule has 12 heavy (non-hydrogen) atoms. The van der Waals surface area contributed by atoms with Crippen LogP contribution >= 0.6 is 11.6 Å². The molecule has 0 bridgehead atoms. The second-order valence-corrected chi connectivity index (χ2v) is 2.69. The Morgan fingerprint density at radius 2 is 2.25 bits per heavy atom. The number of ether oxygens (including phenoxy) is 1. The first-order valence-corrected chi connectivity index (χ1v) is 3.71. The van der Waals surface area contributed by atoms with Crippen molar-refractivity contribution in [1.82, 2.24) is 0 Å². The lowest BCUT2D eigenvalue weighted by Crippen LogP contribution is -2.12. The van der Waals surface area contributed by atoms with Gasteiger partial charge in [-0.3, -0.25) is 5.41 Å². The van der Waals surface area contributed by atoms with Crippen LogP contribution in [0.25, 0.3) is 0 Å². The van der Waals surface area contributed by atoms with Gasteiger partial charge in [-0.05, 0) is 18.2 Å². The summed E-state index contributed by atoms with van der Waals surface area (Å²) >= 11 is 5.71. The summed E-state index contributed by atoms with van der Waals surface area (Å²) in [6.45, 7) is 0. The Bertz CT molecular complexity index is 312. The minimum atomic E-state index is -0.0469. The van der Waals surface area contributed by atoms with E-state index in [4.69, 9.17) is 27.5 Å². The summed E-state index contributed by atoms with van der Waals surface area (Å²) in [5, 5.41) is 7.76. The maximum absolute atomic E-state index is 7.22. The molecule has 0 spiro atoms. The molecule has 1 aromatic carbocycles. The van der Waals surface area contributed by atoms with Crippen LogP contribution in [0.1, 0.15) is 5.56 Å². The summed E-state index contributed by atoms with van der Waals surface area (Å²) < 4.78 is 4.98. The number of hydrogen-bond donors (Lipinski definition) is 2. The van der Waals surface area contributed by atoms with Crippen molar-refractivity contribution in [3.63, 3.8) is 0 Å². The molecule has 0 aromatic heterocycles. The lowest BCUT2D eigenvalue weighted by atomic mass is 10.2. The molecule has 0 heterocycles. The second-order valence-electron chi connectivity index (χ2n) is 2.26. The van der Waals surface area contributed by atoms with Crippen molar-refractivity contribution in [2.45, 2.75) is 0 Å². The third-order valence-corrected chi connectivity index (χ3v) is 1.69. The van der Waals surface area contributed by atoms with Crippen LogP contribution in [-0.2, 0) is 0 Å². The average Bonchev–Trinajstić information content (AvgIpc) is 2.04. The molecule has 0 aliphatic heterocycles. The Morgan fingerprint density at radius 1 is 1.58 bits per heavy atom. The molecule has 0 unspecified atom stereocenters.